The number of alkyl halides is 3. The molecule has 12 nitrogen and oxygen atoms in total. The van der Waals surface area contributed by atoms with Crippen molar-refractivity contribution in [1.82, 2.24) is 35.9 Å². The van der Waals surface area contributed by atoms with Crippen molar-refractivity contribution >= 4 is 29.3 Å². The van der Waals surface area contributed by atoms with E-state index in [1.807, 2.05) is 0 Å². The molecule has 0 fully saturated rings. The number of carbonyl (C=O) groups excluding carboxylic acids is 2. The molecule has 1 unspecified atom stereocenters. The SMILES string of the molecule is CC1=C(C(=O)NCc2cn(CCCNC(=O)c3ccc(C4(C(F)(F)F)N=N4)cc3)nn2)C(c2ccc(F)cc2Cl)N=C(c2ccncc2)N1. The van der Waals surface area contributed by atoms with Gasteiger partial charge in [0.15, 0.2) is 0 Å². The van der Waals surface area contributed by atoms with Gasteiger partial charge in [0, 0.05) is 58.5 Å². The maximum atomic E-state index is 13.9. The number of aromatic nitrogens is 4. The predicted octanol–water partition coefficient (Wildman–Crippen LogP) is 5.15. The number of aliphatic imine (C=N–C) groups is 1. The van der Waals surface area contributed by atoms with E-state index >= 15 is 0 Å². The maximum Gasteiger partial charge on any atom is 0.442 e. The molecule has 4 heterocycles. The van der Waals surface area contributed by atoms with Gasteiger partial charge >= 0.3 is 11.8 Å². The lowest BCUT2D eigenvalue weighted by molar-refractivity contribution is -0.166. The highest BCUT2D eigenvalue weighted by Gasteiger charge is 2.65. The fourth-order valence-electron chi connectivity index (χ4n) is 5.21. The number of nitrogens with zero attached hydrogens (tertiary/aromatic N) is 7. The van der Waals surface area contributed by atoms with Gasteiger partial charge in [0.1, 0.15) is 23.4 Å². The van der Waals surface area contributed by atoms with Gasteiger partial charge in [-0.05, 0) is 49.7 Å². The van der Waals surface area contributed by atoms with Crippen LogP contribution in [-0.4, -0.2) is 50.3 Å². The topological polar surface area (TPSA) is 151 Å². The summed E-state index contributed by atoms with van der Waals surface area (Å²) >= 11 is 6.41. The Morgan fingerprint density at radius 1 is 1.02 bits per heavy atom. The van der Waals surface area contributed by atoms with Gasteiger partial charge in [0.05, 0.1) is 18.3 Å². The lowest BCUT2D eigenvalue weighted by Gasteiger charge is -2.27. The van der Waals surface area contributed by atoms with Crippen LogP contribution >= 0.6 is 11.6 Å². The van der Waals surface area contributed by atoms with Gasteiger partial charge < -0.3 is 16.0 Å². The fourth-order valence-corrected chi connectivity index (χ4v) is 5.48. The van der Waals surface area contributed by atoms with Crippen molar-refractivity contribution in [2.75, 3.05) is 6.54 Å². The van der Waals surface area contributed by atoms with Crippen molar-refractivity contribution in [3.05, 3.63) is 123 Å². The lowest BCUT2D eigenvalue weighted by atomic mass is 9.94. The first-order valence-electron chi connectivity index (χ1n) is 14.9. The molecule has 2 aliphatic rings. The molecule has 6 rings (SSSR count). The highest BCUT2D eigenvalue weighted by atomic mass is 35.5. The first-order valence-corrected chi connectivity index (χ1v) is 15.3. The average molecular weight is 695 g/mol. The lowest BCUT2D eigenvalue weighted by Crippen LogP contribution is -2.36. The molecule has 2 amide bonds. The number of carbonyl (C=O) groups is 2. The summed E-state index contributed by atoms with van der Waals surface area (Å²) in [5, 5.41) is 23.3. The molecule has 0 saturated carbocycles. The van der Waals surface area contributed by atoms with E-state index < -0.39 is 35.5 Å². The first kappa shape index (κ1) is 33.4. The fraction of sp³-hybridized carbons (Fsp3) is 0.250. The molecule has 2 aromatic carbocycles. The Labute approximate surface area is 281 Å². The van der Waals surface area contributed by atoms with E-state index in [4.69, 9.17) is 16.6 Å². The molecule has 0 bridgehead atoms. The van der Waals surface area contributed by atoms with E-state index in [0.717, 1.165) is 5.56 Å². The monoisotopic (exact) mass is 694 g/mol. The summed E-state index contributed by atoms with van der Waals surface area (Å²) in [5.74, 6) is -0.902. The molecule has 0 radical (unpaired) electrons. The Morgan fingerprint density at radius 2 is 1.76 bits per heavy atom. The summed E-state index contributed by atoms with van der Waals surface area (Å²) in [6, 6.07) is 11.6. The number of amides is 2. The Hall–Kier alpha value is -5.51. The Kier molecular flexibility index (Phi) is 9.23. The molecule has 1 atom stereocenters. The zero-order valence-electron chi connectivity index (χ0n) is 25.7. The van der Waals surface area contributed by atoms with Gasteiger partial charge in [-0.2, -0.15) is 13.2 Å². The van der Waals surface area contributed by atoms with E-state index in [-0.39, 0.29) is 29.2 Å². The van der Waals surface area contributed by atoms with E-state index in [1.54, 1.807) is 42.3 Å². The highest BCUT2D eigenvalue weighted by molar-refractivity contribution is 6.31. The molecule has 17 heteroatoms. The molecule has 3 N–H and O–H groups in total. The minimum absolute atomic E-state index is 0.0450. The normalized spacial score (nSPS) is 16.5. The number of rotatable bonds is 11. The van der Waals surface area contributed by atoms with Crippen LogP contribution in [0.5, 0.6) is 0 Å². The van der Waals surface area contributed by atoms with Crippen molar-refractivity contribution in [3.8, 4) is 0 Å². The van der Waals surface area contributed by atoms with Crippen molar-refractivity contribution < 1.29 is 27.2 Å². The molecule has 4 aromatic rings. The van der Waals surface area contributed by atoms with Crippen LogP contribution in [0, 0.1) is 5.82 Å². The number of allylic oxidation sites excluding steroid dienone is 1. The number of amidine groups is 1. The van der Waals surface area contributed by atoms with Crippen LogP contribution in [0.4, 0.5) is 17.6 Å². The van der Waals surface area contributed by atoms with E-state index in [2.05, 4.69) is 41.5 Å². The molecule has 0 spiro atoms. The van der Waals surface area contributed by atoms with Crippen LogP contribution in [0.3, 0.4) is 0 Å². The van der Waals surface area contributed by atoms with E-state index in [1.165, 1.54) is 42.5 Å². The van der Waals surface area contributed by atoms with Crippen molar-refractivity contribution in [1.29, 1.82) is 0 Å². The zero-order chi connectivity index (χ0) is 34.8. The molecule has 0 aliphatic carbocycles. The number of pyridine rings is 1. The summed E-state index contributed by atoms with van der Waals surface area (Å²) < 4.78 is 55.0. The third-order valence-corrected chi connectivity index (χ3v) is 8.13. The highest BCUT2D eigenvalue weighted by Crippen LogP contribution is 2.52. The number of aryl methyl sites for hydroxylation is 1. The summed E-state index contributed by atoms with van der Waals surface area (Å²) in [4.78, 5) is 34.8. The first-order chi connectivity index (χ1) is 23.4. The van der Waals surface area contributed by atoms with Crippen LogP contribution in [0.1, 0.15) is 52.1 Å². The minimum atomic E-state index is -4.64. The van der Waals surface area contributed by atoms with Gasteiger partial charge in [-0.15, -0.1) is 15.3 Å². The summed E-state index contributed by atoms with van der Waals surface area (Å²) in [6.45, 7) is 2.44. The average Bonchev–Trinajstić information content (AvgIpc) is 3.79. The van der Waals surface area contributed by atoms with Crippen LogP contribution in [-0.2, 0) is 23.5 Å². The Balaban J connectivity index is 1.03. The van der Waals surface area contributed by atoms with Crippen molar-refractivity contribution in [2.24, 2.45) is 15.2 Å². The minimum Gasteiger partial charge on any atom is -0.352 e. The number of nitrogens with one attached hydrogen (secondary N) is 3. The Morgan fingerprint density at radius 3 is 2.43 bits per heavy atom. The van der Waals surface area contributed by atoms with Crippen molar-refractivity contribution in [2.45, 2.75) is 44.3 Å². The second-order valence-corrected chi connectivity index (χ2v) is 11.6. The van der Waals surface area contributed by atoms with Gasteiger partial charge in [0.2, 0.25) is 0 Å². The van der Waals surface area contributed by atoms with Gasteiger partial charge in [-0.1, -0.05) is 35.0 Å². The number of halogens is 5. The number of hydrogen-bond acceptors (Lipinski definition) is 9. The molecule has 252 valence electrons. The summed E-state index contributed by atoms with van der Waals surface area (Å²) in [5.41, 5.74) is 0.00175. The van der Waals surface area contributed by atoms with Crippen LogP contribution in [0.2, 0.25) is 5.02 Å². The van der Waals surface area contributed by atoms with Gasteiger partial charge in [0.25, 0.3) is 11.8 Å². The van der Waals surface area contributed by atoms with Crippen molar-refractivity contribution in [3.63, 3.8) is 0 Å². The zero-order valence-corrected chi connectivity index (χ0v) is 26.4. The largest absolute Gasteiger partial charge is 0.442 e. The third-order valence-electron chi connectivity index (χ3n) is 7.81. The molecular weight excluding hydrogens is 668 g/mol. The standard InChI is InChI=1S/C32H27ClF4N10O2/c1-18-26(27(24-8-7-22(34)15-25(24)33)42-28(41-18)19-9-12-38-13-10-19)30(49)40-16-23-17-47(46-43-23)14-2-11-39-29(48)20-3-5-21(6-4-20)31(44-45-31)32(35,36)37/h3-10,12-13,15,17,27H,2,11,14,16H2,1H3,(H,39,48)(H,40,49)(H,41,42). The van der Waals surface area contributed by atoms with Crippen LogP contribution in [0.15, 0.2) is 99.7 Å². The van der Waals surface area contributed by atoms with Crippen LogP contribution in [0.25, 0.3) is 0 Å². The molecule has 49 heavy (non-hydrogen) atoms. The Bertz CT molecular complexity index is 1970. The maximum absolute atomic E-state index is 13.9. The molecule has 0 saturated heterocycles. The van der Waals surface area contributed by atoms with Gasteiger partial charge in [-0.25, -0.2) is 4.39 Å². The second kappa shape index (κ2) is 13.5. The summed E-state index contributed by atoms with van der Waals surface area (Å²) in [6.07, 6.45) is 0.723. The van der Waals surface area contributed by atoms with E-state index in [9.17, 15) is 27.2 Å². The quantitative estimate of drug-likeness (QED) is 0.146. The number of hydrogen-bond donors (Lipinski definition) is 3. The third kappa shape index (κ3) is 7.18. The van der Waals surface area contributed by atoms with E-state index in [0.29, 0.717) is 41.3 Å². The molecule has 2 aliphatic heterocycles. The van der Waals surface area contributed by atoms with Gasteiger partial charge in [-0.3, -0.25) is 24.2 Å². The molecular formula is C32H27ClF4N10O2. The summed E-state index contributed by atoms with van der Waals surface area (Å²) in [7, 11) is 0. The predicted molar refractivity (Wildman–Crippen MR) is 169 cm³/mol. The van der Waals surface area contributed by atoms with Crippen LogP contribution < -0.4 is 16.0 Å². The smallest absolute Gasteiger partial charge is 0.352 e. The number of benzene rings is 2. The second-order valence-electron chi connectivity index (χ2n) is 11.2. The molecule has 2 aromatic heterocycles.